The molecule has 2 amide bonds. The molecule has 3 aliphatic rings. The zero-order valence-corrected chi connectivity index (χ0v) is 17.5. The zero-order valence-electron chi connectivity index (χ0n) is 15.9. The lowest BCUT2D eigenvalue weighted by molar-refractivity contribution is -0.386. The Morgan fingerprint density at radius 2 is 1.93 bits per heavy atom. The highest BCUT2D eigenvalue weighted by molar-refractivity contribution is 9.10. The number of nitro groups is 1. The number of rotatable bonds is 6. The molecule has 1 aliphatic heterocycles. The van der Waals surface area contributed by atoms with Crippen molar-refractivity contribution in [1.82, 2.24) is 5.01 Å². The van der Waals surface area contributed by atoms with Crippen LogP contribution in [0.5, 0.6) is 5.75 Å². The first-order chi connectivity index (χ1) is 13.8. The van der Waals surface area contributed by atoms with E-state index in [0.717, 1.165) is 11.4 Å². The van der Waals surface area contributed by atoms with Crippen molar-refractivity contribution in [3.63, 3.8) is 0 Å². The van der Waals surface area contributed by atoms with Gasteiger partial charge in [-0.1, -0.05) is 35.0 Å². The highest BCUT2D eigenvalue weighted by Crippen LogP contribution is 2.52. The fourth-order valence-electron chi connectivity index (χ4n) is 4.36. The highest BCUT2D eigenvalue weighted by atomic mass is 79.9. The van der Waals surface area contributed by atoms with Gasteiger partial charge >= 0.3 is 5.69 Å². The number of benzene rings is 1. The summed E-state index contributed by atoms with van der Waals surface area (Å²) >= 11 is 3.26. The molecule has 0 radical (unpaired) electrons. The SMILES string of the molecule is CC[C@@H](C)Oc1c(C=NN2C(=O)[C@@H]3[C@H](C2=O)[C@H]2C=C[C@H]3C2)cc(Br)cc1[N+](=O)[O-]. The van der Waals surface area contributed by atoms with Crippen LogP contribution in [0.25, 0.3) is 0 Å². The molecule has 9 heteroatoms. The second kappa shape index (κ2) is 7.37. The van der Waals surface area contributed by atoms with E-state index in [9.17, 15) is 19.7 Å². The summed E-state index contributed by atoms with van der Waals surface area (Å²) in [4.78, 5) is 36.5. The topological polar surface area (TPSA) is 102 Å². The number of carbonyl (C=O) groups is 2. The van der Waals surface area contributed by atoms with E-state index in [4.69, 9.17) is 4.74 Å². The van der Waals surface area contributed by atoms with Crippen molar-refractivity contribution in [1.29, 1.82) is 0 Å². The summed E-state index contributed by atoms with van der Waals surface area (Å²) in [5.74, 6) is -1.04. The Morgan fingerprint density at radius 1 is 1.31 bits per heavy atom. The number of nitrogens with zero attached hydrogens (tertiary/aromatic N) is 3. The molecule has 2 aliphatic carbocycles. The molecular formula is C20H20BrN3O5. The summed E-state index contributed by atoms with van der Waals surface area (Å²) in [6.45, 7) is 3.72. The number of ether oxygens (including phenoxy) is 1. The van der Waals surface area contributed by atoms with E-state index in [1.54, 1.807) is 6.07 Å². The average molecular weight is 462 g/mol. The van der Waals surface area contributed by atoms with Crippen LogP contribution in [0.2, 0.25) is 0 Å². The normalized spacial score (nSPS) is 28.4. The standard InChI is InChI=1S/C20H20BrN3O5/c1-3-10(2)29-18-13(7-14(21)8-15(18)24(27)28)9-22-23-19(25)16-11-4-5-12(6-11)17(16)20(23)26/h4-5,7-12,16-17H,3,6H2,1-2H3/t10-,11+,12+,16-,17+/m1/s1. The minimum Gasteiger partial charge on any atom is -0.483 e. The number of amides is 2. The predicted molar refractivity (Wildman–Crippen MR) is 108 cm³/mol. The molecule has 5 atom stereocenters. The molecule has 1 saturated carbocycles. The number of hydrazone groups is 1. The molecule has 1 aromatic carbocycles. The number of hydrogen-bond donors (Lipinski definition) is 0. The van der Waals surface area contributed by atoms with Crippen LogP contribution in [0.3, 0.4) is 0 Å². The summed E-state index contributed by atoms with van der Waals surface area (Å²) in [6.07, 6.45) is 6.57. The third-order valence-electron chi connectivity index (χ3n) is 5.91. The second-order valence-electron chi connectivity index (χ2n) is 7.67. The third kappa shape index (κ3) is 3.27. The van der Waals surface area contributed by atoms with Gasteiger partial charge in [0.05, 0.1) is 29.1 Å². The van der Waals surface area contributed by atoms with Gasteiger partial charge in [0.25, 0.3) is 11.8 Å². The Balaban J connectivity index is 1.67. The van der Waals surface area contributed by atoms with Crippen molar-refractivity contribution in [2.45, 2.75) is 32.8 Å². The van der Waals surface area contributed by atoms with Gasteiger partial charge in [-0.15, -0.1) is 0 Å². The van der Waals surface area contributed by atoms with Gasteiger partial charge < -0.3 is 4.74 Å². The van der Waals surface area contributed by atoms with Crippen LogP contribution in [0.4, 0.5) is 5.69 Å². The van der Waals surface area contributed by atoms with Gasteiger partial charge in [0.15, 0.2) is 0 Å². The lowest BCUT2D eigenvalue weighted by atomic mass is 9.85. The van der Waals surface area contributed by atoms with Crippen molar-refractivity contribution < 1.29 is 19.2 Å². The predicted octanol–water partition coefficient (Wildman–Crippen LogP) is 3.68. The second-order valence-corrected chi connectivity index (χ2v) is 8.59. The Kier molecular flexibility index (Phi) is 5.02. The van der Waals surface area contributed by atoms with Crippen LogP contribution in [0.15, 0.2) is 33.9 Å². The molecule has 29 heavy (non-hydrogen) atoms. The summed E-state index contributed by atoms with van der Waals surface area (Å²) in [7, 11) is 0. The quantitative estimate of drug-likeness (QED) is 0.211. The van der Waals surface area contributed by atoms with Gasteiger partial charge in [0.1, 0.15) is 0 Å². The lowest BCUT2D eigenvalue weighted by Crippen LogP contribution is -2.28. The number of imide groups is 1. The van der Waals surface area contributed by atoms with Crippen LogP contribution in [-0.4, -0.2) is 34.1 Å². The van der Waals surface area contributed by atoms with Gasteiger partial charge in [0.2, 0.25) is 5.75 Å². The van der Waals surface area contributed by atoms with Crippen LogP contribution in [0.1, 0.15) is 32.3 Å². The lowest BCUT2D eigenvalue weighted by Gasteiger charge is -2.16. The molecule has 8 nitrogen and oxygen atoms in total. The maximum absolute atomic E-state index is 12.8. The van der Waals surface area contributed by atoms with Crippen molar-refractivity contribution >= 4 is 39.6 Å². The van der Waals surface area contributed by atoms with Gasteiger partial charge in [0, 0.05) is 16.1 Å². The van der Waals surface area contributed by atoms with E-state index in [-0.39, 0.29) is 53.0 Å². The highest BCUT2D eigenvalue weighted by Gasteiger charge is 2.59. The average Bonchev–Trinajstić information content (AvgIpc) is 3.36. The van der Waals surface area contributed by atoms with E-state index >= 15 is 0 Å². The Hall–Kier alpha value is -2.55. The smallest absolute Gasteiger partial charge is 0.312 e. The maximum Gasteiger partial charge on any atom is 0.312 e. The monoisotopic (exact) mass is 461 g/mol. The fraction of sp³-hybridized carbons (Fsp3) is 0.450. The van der Waals surface area contributed by atoms with E-state index < -0.39 is 4.92 Å². The number of nitro benzene ring substituents is 1. The van der Waals surface area contributed by atoms with Crippen LogP contribution in [-0.2, 0) is 9.59 Å². The molecule has 2 bridgehead atoms. The first-order valence-electron chi connectivity index (χ1n) is 9.56. The first-order valence-corrected chi connectivity index (χ1v) is 10.4. The Morgan fingerprint density at radius 3 is 2.48 bits per heavy atom. The van der Waals surface area contributed by atoms with Crippen molar-refractivity contribution in [2.75, 3.05) is 0 Å². The molecule has 1 heterocycles. The van der Waals surface area contributed by atoms with E-state index in [2.05, 4.69) is 21.0 Å². The molecule has 0 spiro atoms. The van der Waals surface area contributed by atoms with E-state index in [1.165, 1.54) is 12.3 Å². The molecule has 152 valence electrons. The molecule has 1 saturated heterocycles. The Labute approximate surface area is 175 Å². The molecule has 0 aromatic heterocycles. The van der Waals surface area contributed by atoms with Crippen LogP contribution < -0.4 is 4.74 Å². The number of hydrogen-bond acceptors (Lipinski definition) is 6. The van der Waals surface area contributed by atoms with E-state index in [0.29, 0.717) is 16.5 Å². The summed E-state index contributed by atoms with van der Waals surface area (Å²) < 4.78 is 6.25. The minimum absolute atomic E-state index is 0.0670. The van der Waals surface area contributed by atoms with Gasteiger partial charge in [-0.05, 0) is 37.7 Å². The van der Waals surface area contributed by atoms with Crippen LogP contribution >= 0.6 is 15.9 Å². The summed E-state index contributed by atoms with van der Waals surface area (Å²) in [5, 5.41) is 16.6. The number of halogens is 1. The largest absolute Gasteiger partial charge is 0.483 e. The minimum atomic E-state index is -0.528. The number of carbonyl (C=O) groups excluding carboxylic acids is 2. The van der Waals surface area contributed by atoms with Gasteiger partial charge in [-0.25, -0.2) is 0 Å². The zero-order chi connectivity index (χ0) is 20.9. The Bertz CT molecular complexity index is 930. The molecule has 0 unspecified atom stereocenters. The summed E-state index contributed by atoms with van der Waals surface area (Å²) in [6, 6.07) is 2.97. The van der Waals surface area contributed by atoms with Crippen LogP contribution in [0, 0.1) is 33.8 Å². The molecule has 2 fully saturated rings. The number of allylic oxidation sites excluding steroid dienone is 2. The fourth-order valence-corrected chi connectivity index (χ4v) is 4.83. The summed E-state index contributed by atoms with van der Waals surface area (Å²) in [5.41, 5.74) is 0.115. The van der Waals surface area contributed by atoms with Gasteiger partial charge in [-0.3, -0.25) is 19.7 Å². The maximum atomic E-state index is 12.8. The molecule has 0 N–H and O–H groups in total. The molecular weight excluding hydrogens is 442 g/mol. The molecule has 4 rings (SSSR count). The number of fused-ring (bicyclic) bond motifs is 5. The van der Waals surface area contributed by atoms with Crippen molar-refractivity contribution in [3.8, 4) is 5.75 Å². The van der Waals surface area contributed by atoms with E-state index in [1.807, 2.05) is 26.0 Å². The third-order valence-corrected chi connectivity index (χ3v) is 6.37. The van der Waals surface area contributed by atoms with Crippen molar-refractivity contribution in [2.24, 2.45) is 28.8 Å². The van der Waals surface area contributed by atoms with Gasteiger partial charge in [-0.2, -0.15) is 10.1 Å². The molecule has 1 aromatic rings. The van der Waals surface area contributed by atoms with Crippen molar-refractivity contribution in [3.05, 3.63) is 44.4 Å². The first kappa shape index (κ1) is 19.8.